The molecule has 0 saturated heterocycles. The molecule has 86 valence electrons. The Kier molecular flexibility index (Phi) is 6.81. The standard InChI is InChI=1S/C10H20N4O/c1-15-8-7-11-4-2-5-12-9-10-3-6-13-14-10/h3,6,11-12H,2,4-5,7-9H2,1H3,(H,13,14). The maximum Gasteiger partial charge on any atom is 0.0587 e. The zero-order chi connectivity index (χ0) is 10.8. The van der Waals surface area contributed by atoms with E-state index >= 15 is 0 Å². The number of methoxy groups -OCH3 is 1. The summed E-state index contributed by atoms with van der Waals surface area (Å²) in [6.07, 6.45) is 2.89. The number of ether oxygens (including phenoxy) is 1. The highest BCUT2D eigenvalue weighted by Gasteiger charge is 1.92. The molecule has 1 aromatic rings. The number of aromatic amines is 1. The first kappa shape index (κ1) is 12.2. The highest BCUT2D eigenvalue weighted by atomic mass is 16.5. The molecule has 0 atom stereocenters. The Balaban J connectivity index is 1.81. The zero-order valence-corrected chi connectivity index (χ0v) is 9.25. The SMILES string of the molecule is COCCNCCCNCc1ccn[nH]1. The quantitative estimate of drug-likeness (QED) is 0.509. The third-order valence-corrected chi connectivity index (χ3v) is 2.06. The molecule has 3 N–H and O–H groups in total. The van der Waals surface area contributed by atoms with E-state index in [-0.39, 0.29) is 0 Å². The average molecular weight is 212 g/mol. The molecule has 0 aromatic carbocycles. The molecule has 1 heterocycles. The largest absolute Gasteiger partial charge is 0.383 e. The van der Waals surface area contributed by atoms with Gasteiger partial charge in [0.05, 0.1) is 6.61 Å². The first-order valence-electron chi connectivity index (χ1n) is 5.32. The second-order valence-electron chi connectivity index (χ2n) is 3.36. The Morgan fingerprint density at radius 1 is 1.33 bits per heavy atom. The summed E-state index contributed by atoms with van der Waals surface area (Å²) in [5.41, 5.74) is 1.13. The van der Waals surface area contributed by atoms with Crippen molar-refractivity contribution in [3.05, 3.63) is 18.0 Å². The van der Waals surface area contributed by atoms with Crippen LogP contribution >= 0.6 is 0 Å². The van der Waals surface area contributed by atoms with E-state index in [1.54, 1.807) is 13.3 Å². The predicted octanol–water partition coefficient (Wildman–Crippen LogP) is 0.125. The molecule has 1 aromatic heterocycles. The van der Waals surface area contributed by atoms with Crippen molar-refractivity contribution < 1.29 is 4.74 Å². The van der Waals surface area contributed by atoms with Gasteiger partial charge in [0, 0.05) is 32.1 Å². The summed E-state index contributed by atoms with van der Waals surface area (Å²) in [6, 6.07) is 1.98. The molecule has 5 heteroatoms. The van der Waals surface area contributed by atoms with Crippen molar-refractivity contribution in [3.63, 3.8) is 0 Å². The van der Waals surface area contributed by atoms with Crippen LogP contribution in [0.4, 0.5) is 0 Å². The lowest BCUT2D eigenvalue weighted by Gasteiger charge is -2.04. The van der Waals surface area contributed by atoms with Crippen LogP contribution in [0, 0.1) is 0 Å². The molecule has 0 bridgehead atoms. The van der Waals surface area contributed by atoms with Gasteiger partial charge in [-0.1, -0.05) is 0 Å². The van der Waals surface area contributed by atoms with Crippen molar-refractivity contribution in [1.82, 2.24) is 20.8 Å². The number of nitrogens with zero attached hydrogens (tertiary/aromatic N) is 1. The normalized spacial score (nSPS) is 10.7. The maximum absolute atomic E-state index is 4.93. The fourth-order valence-electron chi connectivity index (χ4n) is 1.24. The monoisotopic (exact) mass is 212 g/mol. The van der Waals surface area contributed by atoms with Crippen LogP contribution in [0.25, 0.3) is 0 Å². The summed E-state index contributed by atoms with van der Waals surface area (Å²) in [5.74, 6) is 0. The summed E-state index contributed by atoms with van der Waals surface area (Å²) >= 11 is 0. The van der Waals surface area contributed by atoms with E-state index in [0.717, 1.165) is 44.9 Å². The number of hydrogen-bond acceptors (Lipinski definition) is 4. The van der Waals surface area contributed by atoms with Gasteiger partial charge in [-0.15, -0.1) is 0 Å². The van der Waals surface area contributed by atoms with E-state index in [1.807, 2.05) is 6.07 Å². The van der Waals surface area contributed by atoms with Gasteiger partial charge in [0.1, 0.15) is 0 Å². The second kappa shape index (κ2) is 8.40. The predicted molar refractivity (Wildman–Crippen MR) is 59.7 cm³/mol. The number of aromatic nitrogens is 2. The zero-order valence-electron chi connectivity index (χ0n) is 9.25. The van der Waals surface area contributed by atoms with Gasteiger partial charge in [0.25, 0.3) is 0 Å². The third kappa shape index (κ3) is 6.22. The molecule has 0 aliphatic heterocycles. The van der Waals surface area contributed by atoms with Gasteiger partial charge < -0.3 is 15.4 Å². The Labute approximate surface area is 90.6 Å². The lowest BCUT2D eigenvalue weighted by Crippen LogP contribution is -2.24. The van der Waals surface area contributed by atoms with Crippen molar-refractivity contribution in [2.75, 3.05) is 33.4 Å². The van der Waals surface area contributed by atoms with Crippen LogP contribution in [0.1, 0.15) is 12.1 Å². The Hall–Kier alpha value is -0.910. The van der Waals surface area contributed by atoms with Crippen LogP contribution < -0.4 is 10.6 Å². The van der Waals surface area contributed by atoms with Gasteiger partial charge in [-0.2, -0.15) is 5.10 Å². The van der Waals surface area contributed by atoms with Crippen molar-refractivity contribution in [2.24, 2.45) is 0 Å². The van der Waals surface area contributed by atoms with Crippen LogP contribution in [-0.4, -0.2) is 43.5 Å². The summed E-state index contributed by atoms with van der Waals surface area (Å²) in [7, 11) is 1.72. The van der Waals surface area contributed by atoms with Crippen molar-refractivity contribution >= 4 is 0 Å². The van der Waals surface area contributed by atoms with Gasteiger partial charge in [-0.05, 0) is 25.6 Å². The molecule has 0 aliphatic carbocycles. The molecule has 0 aliphatic rings. The van der Waals surface area contributed by atoms with Crippen LogP contribution in [0.15, 0.2) is 12.3 Å². The molecule has 0 spiro atoms. The molecular formula is C10H20N4O. The molecule has 15 heavy (non-hydrogen) atoms. The average Bonchev–Trinajstić information content (AvgIpc) is 2.75. The molecule has 0 saturated carbocycles. The molecule has 0 radical (unpaired) electrons. The summed E-state index contributed by atoms with van der Waals surface area (Å²) in [4.78, 5) is 0. The van der Waals surface area contributed by atoms with Gasteiger partial charge in [0.2, 0.25) is 0 Å². The van der Waals surface area contributed by atoms with Gasteiger partial charge in [-0.25, -0.2) is 0 Å². The maximum atomic E-state index is 4.93. The number of H-pyrrole nitrogens is 1. The van der Waals surface area contributed by atoms with E-state index in [1.165, 1.54) is 0 Å². The number of rotatable bonds is 9. The smallest absolute Gasteiger partial charge is 0.0587 e. The van der Waals surface area contributed by atoms with Crippen molar-refractivity contribution in [2.45, 2.75) is 13.0 Å². The Morgan fingerprint density at radius 3 is 2.93 bits per heavy atom. The van der Waals surface area contributed by atoms with Crippen LogP contribution in [-0.2, 0) is 11.3 Å². The van der Waals surface area contributed by atoms with Crippen LogP contribution in [0.5, 0.6) is 0 Å². The van der Waals surface area contributed by atoms with Gasteiger partial charge >= 0.3 is 0 Å². The van der Waals surface area contributed by atoms with E-state index in [9.17, 15) is 0 Å². The van der Waals surface area contributed by atoms with Gasteiger partial charge in [0.15, 0.2) is 0 Å². The fraction of sp³-hybridized carbons (Fsp3) is 0.700. The third-order valence-electron chi connectivity index (χ3n) is 2.06. The minimum Gasteiger partial charge on any atom is -0.383 e. The second-order valence-corrected chi connectivity index (χ2v) is 3.36. The minimum absolute atomic E-state index is 0.779. The Morgan fingerprint density at radius 2 is 2.20 bits per heavy atom. The fourth-order valence-corrected chi connectivity index (χ4v) is 1.24. The lowest BCUT2D eigenvalue weighted by atomic mass is 10.4. The highest BCUT2D eigenvalue weighted by molar-refractivity contribution is 4.96. The first-order valence-corrected chi connectivity index (χ1v) is 5.32. The summed E-state index contributed by atoms with van der Waals surface area (Å²) < 4.78 is 4.93. The Bertz CT molecular complexity index is 225. The van der Waals surface area contributed by atoms with Crippen LogP contribution in [0.2, 0.25) is 0 Å². The number of hydrogen-bond donors (Lipinski definition) is 3. The summed E-state index contributed by atoms with van der Waals surface area (Å²) in [6.45, 7) is 4.61. The minimum atomic E-state index is 0.779. The molecular weight excluding hydrogens is 192 g/mol. The molecule has 5 nitrogen and oxygen atoms in total. The van der Waals surface area contributed by atoms with E-state index in [4.69, 9.17) is 4.74 Å². The van der Waals surface area contributed by atoms with E-state index in [0.29, 0.717) is 0 Å². The highest BCUT2D eigenvalue weighted by Crippen LogP contribution is 1.89. The number of nitrogens with one attached hydrogen (secondary N) is 3. The first-order chi connectivity index (χ1) is 7.43. The van der Waals surface area contributed by atoms with Gasteiger partial charge in [-0.3, -0.25) is 5.10 Å². The van der Waals surface area contributed by atoms with E-state index in [2.05, 4.69) is 20.8 Å². The van der Waals surface area contributed by atoms with E-state index < -0.39 is 0 Å². The summed E-state index contributed by atoms with van der Waals surface area (Å²) in [5, 5.41) is 13.4. The molecule has 1 rings (SSSR count). The van der Waals surface area contributed by atoms with Crippen molar-refractivity contribution in [1.29, 1.82) is 0 Å². The molecule has 0 amide bonds. The molecule has 0 fully saturated rings. The lowest BCUT2D eigenvalue weighted by molar-refractivity contribution is 0.199. The van der Waals surface area contributed by atoms with Crippen molar-refractivity contribution in [3.8, 4) is 0 Å². The van der Waals surface area contributed by atoms with Crippen LogP contribution in [0.3, 0.4) is 0 Å². The molecule has 0 unspecified atom stereocenters. The topological polar surface area (TPSA) is 62.0 Å².